The molecule has 6 heteroatoms. The molecule has 21 heavy (non-hydrogen) atoms. The van der Waals surface area contributed by atoms with Crippen LogP contribution in [-0.4, -0.2) is 38.7 Å². The Bertz CT molecular complexity index is 650. The monoisotopic (exact) mass is 307 g/mol. The molecule has 0 aliphatic heterocycles. The summed E-state index contributed by atoms with van der Waals surface area (Å²) in [5, 5.41) is 3.63. The predicted molar refractivity (Wildman–Crippen MR) is 81.7 cm³/mol. The fourth-order valence-corrected chi connectivity index (χ4v) is 3.01. The van der Waals surface area contributed by atoms with Crippen molar-refractivity contribution in [2.75, 3.05) is 26.9 Å². The second-order valence-corrected chi connectivity index (χ2v) is 5.52. The van der Waals surface area contributed by atoms with Gasteiger partial charge in [0, 0.05) is 18.4 Å². The molecule has 0 radical (unpaired) electrons. The van der Waals surface area contributed by atoms with Crippen molar-refractivity contribution in [3.63, 3.8) is 0 Å². The van der Waals surface area contributed by atoms with Gasteiger partial charge in [-0.2, -0.15) is 0 Å². The highest BCUT2D eigenvalue weighted by Crippen LogP contribution is 2.30. The highest BCUT2D eigenvalue weighted by Gasteiger charge is 2.17. The molecule has 1 amide bonds. The van der Waals surface area contributed by atoms with Crippen molar-refractivity contribution in [3.05, 3.63) is 34.7 Å². The summed E-state index contributed by atoms with van der Waals surface area (Å²) in [6.07, 6.45) is 0. The van der Waals surface area contributed by atoms with E-state index >= 15 is 0 Å². The Kier molecular flexibility index (Phi) is 5.30. The summed E-state index contributed by atoms with van der Waals surface area (Å²) in [7, 11) is 1.55. The maximum atomic E-state index is 12.1. The molecule has 0 aliphatic carbocycles. The highest BCUT2D eigenvalue weighted by atomic mass is 32.1. The van der Waals surface area contributed by atoms with Gasteiger partial charge in [0.1, 0.15) is 4.88 Å². The Morgan fingerprint density at radius 3 is 2.76 bits per heavy atom. The summed E-state index contributed by atoms with van der Waals surface area (Å²) in [6, 6.07) is 7.79. The minimum absolute atomic E-state index is 0.282. The number of benzene rings is 1. The van der Waals surface area contributed by atoms with Gasteiger partial charge >= 0.3 is 5.97 Å². The van der Waals surface area contributed by atoms with Crippen molar-refractivity contribution in [3.8, 4) is 0 Å². The molecule has 1 aromatic carbocycles. The van der Waals surface area contributed by atoms with Crippen LogP contribution in [0.25, 0.3) is 10.1 Å². The van der Waals surface area contributed by atoms with Gasteiger partial charge in [-0.15, -0.1) is 11.3 Å². The van der Waals surface area contributed by atoms with Crippen LogP contribution in [0.5, 0.6) is 0 Å². The molecule has 0 saturated heterocycles. The number of hydrogen-bond acceptors (Lipinski definition) is 5. The zero-order valence-corrected chi connectivity index (χ0v) is 12.8. The number of carbonyl (C=O) groups is 2. The minimum Gasteiger partial charge on any atom is -0.451 e. The molecule has 0 aliphatic rings. The first-order valence-corrected chi connectivity index (χ1v) is 7.36. The number of thiophene rings is 1. The Morgan fingerprint density at radius 2 is 2.05 bits per heavy atom. The number of amides is 1. The second kappa shape index (κ2) is 7.19. The molecule has 0 fully saturated rings. The Morgan fingerprint density at radius 1 is 1.29 bits per heavy atom. The van der Waals surface area contributed by atoms with E-state index in [0.717, 1.165) is 15.6 Å². The van der Waals surface area contributed by atoms with E-state index in [9.17, 15) is 9.59 Å². The summed E-state index contributed by atoms with van der Waals surface area (Å²) >= 11 is 1.38. The van der Waals surface area contributed by atoms with E-state index in [1.807, 2.05) is 31.2 Å². The third-order valence-electron chi connectivity index (χ3n) is 2.99. The third kappa shape index (κ3) is 3.80. The number of esters is 1. The molecule has 2 aromatic rings. The van der Waals surface area contributed by atoms with E-state index < -0.39 is 5.97 Å². The number of fused-ring (bicyclic) bond motifs is 1. The van der Waals surface area contributed by atoms with E-state index in [1.54, 1.807) is 7.11 Å². The van der Waals surface area contributed by atoms with Gasteiger partial charge in [-0.05, 0) is 23.9 Å². The number of aryl methyl sites for hydroxylation is 1. The summed E-state index contributed by atoms with van der Waals surface area (Å²) in [4.78, 5) is 24.1. The van der Waals surface area contributed by atoms with Gasteiger partial charge in [-0.1, -0.05) is 18.2 Å². The van der Waals surface area contributed by atoms with Gasteiger partial charge in [0.15, 0.2) is 6.61 Å². The van der Waals surface area contributed by atoms with Crippen LogP contribution in [0, 0.1) is 6.92 Å². The molecule has 0 unspecified atom stereocenters. The third-order valence-corrected chi connectivity index (χ3v) is 4.24. The molecule has 112 valence electrons. The zero-order valence-electron chi connectivity index (χ0n) is 12.0. The Balaban J connectivity index is 1.96. The Hall–Kier alpha value is -1.92. The summed E-state index contributed by atoms with van der Waals surface area (Å²) in [5.74, 6) is -0.797. The standard InChI is InChI=1S/C15H17NO4S/c1-10-11-5-3-4-6-12(11)21-14(10)15(18)20-9-13(17)16-7-8-19-2/h3-6H,7-9H2,1-2H3,(H,16,17). The van der Waals surface area contributed by atoms with E-state index in [-0.39, 0.29) is 12.5 Å². The van der Waals surface area contributed by atoms with Crippen LogP contribution in [0.2, 0.25) is 0 Å². The molecule has 0 spiro atoms. The normalized spacial score (nSPS) is 10.6. The highest BCUT2D eigenvalue weighted by molar-refractivity contribution is 7.21. The smallest absolute Gasteiger partial charge is 0.349 e. The fraction of sp³-hybridized carbons (Fsp3) is 0.333. The molecule has 1 heterocycles. The van der Waals surface area contributed by atoms with Crippen LogP contribution in [0.3, 0.4) is 0 Å². The lowest BCUT2D eigenvalue weighted by atomic mass is 10.1. The largest absolute Gasteiger partial charge is 0.451 e. The van der Waals surface area contributed by atoms with Crippen LogP contribution < -0.4 is 5.32 Å². The van der Waals surface area contributed by atoms with E-state index in [2.05, 4.69) is 5.32 Å². The maximum Gasteiger partial charge on any atom is 0.349 e. The lowest BCUT2D eigenvalue weighted by Gasteiger charge is -2.05. The van der Waals surface area contributed by atoms with Gasteiger partial charge in [0.05, 0.1) is 6.61 Å². The van der Waals surface area contributed by atoms with E-state index in [0.29, 0.717) is 18.0 Å². The topological polar surface area (TPSA) is 64.6 Å². The SMILES string of the molecule is COCCNC(=O)COC(=O)c1sc2ccccc2c1C. The number of ether oxygens (including phenoxy) is 2. The van der Waals surface area contributed by atoms with Crippen molar-refractivity contribution in [1.29, 1.82) is 0 Å². The number of rotatable bonds is 6. The van der Waals surface area contributed by atoms with Crippen LogP contribution in [-0.2, 0) is 14.3 Å². The second-order valence-electron chi connectivity index (χ2n) is 4.47. The van der Waals surface area contributed by atoms with Gasteiger partial charge < -0.3 is 14.8 Å². The van der Waals surface area contributed by atoms with Crippen molar-refractivity contribution in [2.45, 2.75) is 6.92 Å². The molecule has 0 saturated carbocycles. The Labute approximate surface area is 126 Å². The first kappa shape index (κ1) is 15.5. The van der Waals surface area contributed by atoms with Crippen molar-refractivity contribution in [2.24, 2.45) is 0 Å². The number of methoxy groups -OCH3 is 1. The molecular weight excluding hydrogens is 290 g/mol. The van der Waals surface area contributed by atoms with E-state index in [4.69, 9.17) is 9.47 Å². The molecule has 5 nitrogen and oxygen atoms in total. The average molecular weight is 307 g/mol. The fourth-order valence-electron chi connectivity index (χ4n) is 1.91. The predicted octanol–water partition coefficient (Wildman–Crippen LogP) is 2.13. The van der Waals surface area contributed by atoms with Crippen LogP contribution in [0.15, 0.2) is 24.3 Å². The lowest BCUT2D eigenvalue weighted by molar-refractivity contribution is -0.124. The minimum atomic E-state index is -0.462. The van der Waals surface area contributed by atoms with Crippen molar-refractivity contribution in [1.82, 2.24) is 5.32 Å². The summed E-state index contributed by atoms with van der Waals surface area (Å²) in [5.41, 5.74) is 0.889. The van der Waals surface area contributed by atoms with Crippen LogP contribution in [0.1, 0.15) is 15.2 Å². The van der Waals surface area contributed by atoms with Crippen molar-refractivity contribution >= 4 is 33.3 Å². The van der Waals surface area contributed by atoms with Gasteiger partial charge in [-0.25, -0.2) is 4.79 Å². The maximum absolute atomic E-state index is 12.1. The average Bonchev–Trinajstić information content (AvgIpc) is 2.83. The van der Waals surface area contributed by atoms with Gasteiger partial charge in [-0.3, -0.25) is 4.79 Å². The molecule has 0 atom stereocenters. The van der Waals surface area contributed by atoms with Crippen LogP contribution in [0.4, 0.5) is 0 Å². The number of hydrogen-bond donors (Lipinski definition) is 1. The lowest BCUT2D eigenvalue weighted by Crippen LogP contribution is -2.31. The van der Waals surface area contributed by atoms with Gasteiger partial charge in [0.2, 0.25) is 0 Å². The zero-order chi connectivity index (χ0) is 15.2. The molecule has 2 rings (SSSR count). The molecule has 1 N–H and O–H groups in total. The number of nitrogens with one attached hydrogen (secondary N) is 1. The number of carbonyl (C=O) groups excluding carboxylic acids is 2. The first-order valence-electron chi connectivity index (χ1n) is 6.54. The molecule has 0 bridgehead atoms. The van der Waals surface area contributed by atoms with Gasteiger partial charge in [0.25, 0.3) is 5.91 Å². The molecule has 1 aromatic heterocycles. The molecular formula is C15H17NO4S. The summed E-state index contributed by atoms with van der Waals surface area (Å²) < 4.78 is 10.9. The quantitative estimate of drug-likeness (QED) is 0.656. The summed E-state index contributed by atoms with van der Waals surface area (Å²) in [6.45, 7) is 2.42. The van der Waals surface area contributed by atoms with Crippen molar-refractivity contribution < 1.29 is 19.1 Å². The van der Waals surface area contributed by atoms with Crippen LogP contribution >= 0.6 is 11.3 Å². The van der Waals surface area contributed by atoms with E-state index in [1.165, 1.54) is 11.3 Å². The first-order chi connectivity index (χ1) is 10.1.